The molecule has 11 heteroatoms. The lowest BCUT2D eigenvalue weighted by atomic mass is 9.75. The maximum Gasteiger partial charge on any atom is 0.273 e. The van der Waals surface area contributed by atoms with E-state index in [0.717, 1.165) is 11.3 Å². The van der Waals surface area contributed by atoms with E-state index in [0.29, 0.717) is 34.8 Å². The summed E-state index contributed by atoms with van der Waals surface area (Å²) in [5, 5.41) is 14.7. The molecule has 6 rings (SSSR count). The van der Waals surface area contributed by atoms with Crippen molar-refractivity contribution < 1.29 is 24.0 Å². The molecule has 3 fully saturated rings. The first-order valence-corrected chi connectivity index (χ1v) is 11.7. The van der Waals surface area contributed by atoms with Crippen LogP contribution in [0, 0.1) is 28.9 Å². The first-order valence-electron chi connectivity index (χ1n) is 11.3. The first kappa shape index (κ1) is 22.0. The molecule has 4 unspecified atom stereocenters. The maximum absolute atomic E-state index is 14.1. The van der Waals surface area contributed by atoms with Crippen molar-refractivity contribution in [3.05, 3.63) is 56.6 Å². The van der Waals surface area contributed by atoms with Gasteiger partial charge in [0.2, 0.25) is 17.7 Å². The van der Waals surface area contributed by atoms with Crippen LogP contribution < -0.4 is 15.0 Å². The predicted molar refractivity (Wildman–Crippen MR) is 125 cm³/mol. The molecule has 4 aliphatic rings. The van der Waals surface area contributed by atoms with E-state index in [1.165, 1.54) is 25.3 Å². The Kier molecular flexibility index (Phi) is 4.56. The molecule has 0 saturated carbocycles. The molecule has 4 aliphatic heterocycles. The molecule has 10 nitrogen and oxygen atoms in total. The molecule has 3 amide bonds. The van der Waals surface area contributed by atoms with Crippen LogP contribution in [-0.2, 0) is 19.9 Å². The van der Waals surface area contributed by atoms with Crippen molar-refractivity contribution in [2.45, 2.75) is 31.3 Å². The average molecular weight is 497 g/mol. The van der Waals surface area contributed by atoms with Gasteiger partial charge in [0.25, 0.3) is 5.69 Å². The van der Waals surface area contributed by atoms with E-state index in [4.69, 9.17) is 16.3 Å². The second-order valence-corrected chi connectivity index (χ2v) is 9.75. The van der Waals surface area contributed by atoms with Crippen LogP contribution in [-0.4, -0.2) is 47.2 Å². The summed E-state index contributed by atoms with van der Waals surface area (Å²) in [7, 11) is 1.32. The number of nitro benzene ring substituents is 1. The fourth-order valence-electron chi connectivity index (χ4n) is 6.59. The minimum absolute atomic E-state index is 0.0390. The minimum atomic E-state index is -1.33. The van der Waals surface area contributed by atoms with E-state index in [9.17, 15) is 24.5 Å². The summed E-state index contributed by atoms with van der Waals surface area (Å²) in [4.78, 5) is 55.4. The normalized spacial score (nSPS) is 28.9. The Labute approximate surface area is 204 Å². The summed E-state index contributed by atoms with van der Waals surface area (Å²) in [6, 6.07) is 6.97. The molecule has 1 N–H and O–H groups in total. The smallest absolute Gasteiger partial charge is 0.273 e. The van der Waals surface area contributed by atoms with Gasteiger partial charge in [-0.1, -0.05) is 17.7 Å². The van der Waals surface area contributed by atoms with Gasteiger partial charge in [-0.05, 0) is 44.0 Å². The highest BCUT2D eigenvalue weighted by molar-refractivity contribution is 6.32. The number of carbonyl (C=O) groups is 3. The third-order valence-corrected chi connectivity index (χ3v) is 8.39. The zero-order valence-corrected chi connectivity index (χ0v) is 19.7. The number of hydrogen-bond donors (Lipinski definition) is 1. The highest BCUT2D eigenvalue weighted by Crippen LogP contribution is 2.61. The number of nitrogens with zero attached hydrogens (tertiary/aromatic N) is 3. The standard InChI is InChI=1S/C24H21ClN4O6/c1-11-14(25)7-6-13-20(11)26-23(32)24(13)19-18(16-4-3-9-27(16)24)21(30)28(22(19)31)15-8-5-12(29(33)34)10-17(15)35-2/h5-8,10,16,18-19H,3-4,9H2,1-2H3,(H,26,32). The number of imide groups is 1. The molecule has 0 radical (unpaired) electrons. The lowest BCUT2D eigenvalue weighted by molar-refractivity contribution is -0.384. The number of benzene rings is 2. The van der Waals surface area contributed by atoms with Crippen molar-refractivity contribution in [2.24, 2.45) is 11.8 Å². The Bertz CT molecular complexity index is 1360. The van der Waals surface area contributed by atoms with Crippen LogP contribution in [0.3, 0.4) is 0 Å². The highest BCUT2D eigenvalue weighted by Gasteiger charge is 2.74. The topological polar surface area (TPSA) is 122 Å². The minimum Gasteiger partial charge on any atom is -0.494 e. The summed E-state index contributed by atoms with van der Waals surface area (Å²) in [6.45, 7) is 2.40. The summed E-state index contributed by atoms with van der Waals surface area (Å²) >= 11 is 6.33. The van der Waals surface area contributed by atoms with Gasteiger partial charge in [-0.15, -0.1) is 0 Å². The second-order valence-electron chi connectivity index (χ2n) is 9.35. The lowest BCUT2D eigenvalue weighted by Crippen LogP contribution is -2.54. The second kappa shape index (κ2) is 7.25. The largest absolute Gasteiger partial charge is 0.494 e. The number of fused-ring (bicyclic) bond motifs is 7. The van der Waals surface area contributed by atoms with Crippen LogP contribution in [0.4, 0.5) is 17.1 Å². The van der Waals surface area contributed by atoms with Gasteiger partial charge in [-0.2, -0.15) is 0 Å². The SMILES string of the molecule is COc1cc([N+](=O)[O-])ccc1N1C(=O)C2C3CCCN3C3(C(=O)Nc4c3ccc(Cl)c4C)C2C1=O. The van der Waals surface area contributed by atoms with Crippen LogP contribution >= 0.6 is 11.6 Å². The van der Waals surface area contributed by atoms with Gasteiger partial charge in [-0.25, -0.2) is 4.90 Å². The molecular weight excluding hydrogens is 476 g/mol. The average Bonchev–Trinajstić information content (AvgIpc) is 3.54. The first-order chi connectivity index (χ1) is 16.7. The van der Waals surface area contributed by atoms with Crippen LogP contribution in [0.25, 0.3) is 0 Å². The van der Waals surface area contributed by atoms with E-state index in [1.54, 1.807) is 12.1 Å². The van der Waals surface area contributed by atoms with Crippen molar-refractivity contribution >= 4 is 46.4 Å². The molecule has 1 spiro atoms. The van der Waals surface area contributed by atoms with E-state index >= 15 is 0 Å². The number of rotatable bonds is 3. The van der Waals surface area contributed by atoms with E-state index in [2.05, 4.69) is 5.32 Å². The van der Waals surface area contributed by atoms with Gasteiger partial charge < -0.3 is 10.1 Å². The van der Waals surface area contributed by atoms with Gasteiger partial charge in [0, 0.05) is 22.7 Å². The Morgan fingerprint density at radius 2 is 1.97 bits per heavy atom. The number of halogens is 1. The van der Waals surface area contributed by atoms with Crippen LogP contribution in [0.1, 0.15) is 24.0 Å². The Balaban J connectivity index is 1.54. The summed E-state index contributed by atoms with van der Waals surface area (Å²) in [5.74, 6) is -2.90. The van der Waals surface area contributed by atoms with Crippen molar-refractivity contribution in [1.29, 1.82) is 0 Å². The molecule has 0 bridgehead atoms. The molecule has 0 aliphatic carbocycles. The molecule has 4 heterocycles. The van der Waals surface area contributed by atoms with Gasteiger partial charge >= 0.3 is 0 Å². The zero-order valence-electron chi connectivity index (χ0n) is 18.9. The van der Waals surface area contributed by atoms with E-state index < -0.39 is 34.1 Å². The fourth-order valence-corrected chi connectivity index (χ4v) is 6.75. The maximum atomic E-state index is 14.1. The van der Waals surface area contributed by atoms with Crippen LogP contribution in [0.2, 0.25) is 5.02 Å². The fraction of sp³-hybridized carbons (Fsp3) is 0.375. The number of anilines is 2. The van der Waals surface area contributed by atoms with E-state index in [1.807, 2.05) is 11.8 Å². The number of nitro groups is 1. The molecular formula is C24H21ClN4O6. The van der Waals surface area contributed by atoms with Crippen LogP contribution in [0.15, 0.2) is 30.3 Å². The Hall–Kier alpha value is -3.50. The Morgan fingerprint density at radius 3 is 2.69 bits per heavy atom. The van der Waals surface area contributed by atoms with Crippen molar-refractivity contribution in [3.8, 4) is 5.75 Å². The number of carbonyl (C=O) groups excluding carboxylic acids is 3. The number of hydrogen-bond acceptors (Lipinski definition) is 7. The molecule has 4 atom stereocenters. The molecule has 180 valence electrons. The molecule has 0 aromatic heterocycles. The quantitative estimate of drug-likeness (QED) is 0.393. The third-order valence-electron chi connectivity index (χ3n) is 7.98. The molecule has 2 aromatic rings. The number of ether oxygens (including phenoxy) is 1. The van der Waals surface area contributed by atoms with Gasteiger partial charge in [0.05, 0.1) is 41.3 Å². The van der Waals surface area contributed by atoms with Crippen molar-refractivity contribution in [2.75, 3.05) is 23.9 Å². The third kappa shape index (κ3) is 2.55. The Morgan fingerprint density at radius 1 is 1.20 bits per heavy atom. The van der Waals surface area contributed by atoms with Gasteiger partial charge in [0.15, 0.2) is 0 Å². The lowest BCUT2D eigenvalue weighted by Gasteiger charge is -2.36. The van der Waals surface area contributed by atoms with Gasteiger partial charge in [0.1, 0.15) is 11.3 Å². The molecule has 35 heavy (non-hydrogen) atoms. The number of amides is 3. The predicted octanol–water partition coefficient (Wildman–Crippen LogP) is 3.00. The van der Waals surface area contributed by atoms with Crippen molar-refractivity contribution in [1.82, 2.24) is 4.90 Å². The van der Waals surface area contributed by atoms with E-state index in [-0.39, 0.29) is 29.1 Å². The summed E-state index contributed by atoms with van der Waals surface area (Å²) in [6.07, 6.45) is 1.48. The van der Waals surface area contributed by atoms with Gasteiger partial charge in [-0.3, -0.25) is 29.4 Å². The number of non-ortho nitro benzene ring substituents is 1. The molecule has 2 aromatic carbocycles. The zero-order chi connectivity index (χ0) is 24.8. The monoisotopic (exact) mass is 496 g/mol. The number of nitrogens with one attached hydrogen (secondary N) is 1. The van der Waals surface area contributed by atoms with Crippen LogP contribution in [0.5, 0.6) is 5.75 Å². The summed E-state index contributed by atoms with van der Waals surface area (Å²) in [5.41, 5.74) is 0.529. The summed E-state index contributed by atoms with van der Waals surface area (Å²) < 4.78 is 5.32. The highest BCUT2D eigenvalue weighted by atomic mass is 35.5. The number of methoxy groups -OCH3 is 1. The van der Waals surface area contributed by atoms with Crippen molar-refractivity contribution in [3.63, 3.8) is 0 Å². The molecule has 3 saturated heterocycles.